The van der Waals surface area contributed by atoms with Gasteiger partial charge in [0, 0.05) is 33.7 Å². The summed E-state index contributed by atoms with van der Waals surface area (Å²) in [7, 11) is 0. The van der Waals surface area contributed by atoms with Crippen LogP contribution in [0.3, 0.4) is 0 Å². The first kappa shape index (κ1) is 14.0. The summed E-state index contributed by atoms with van der Waals surface area (Å²) < 4.78 is 20.7. The van der Waals surface area contributed by atoms with Crippen molar-refractivity contribution in [1.29, 1.82) is 0 Å². The first-order valence-corrected chi connectivity index (χ1v) is 8.08. The molecule has 1 aromatic carbocycles. The van der Waals surface area contributed by atoms with Gasteiger partial charge in [-0.2, -0.15) is 0 Å². The maximum atomic E-state index is 14.0. The Kier molecular flexibility index (Phi) is 4.34. The zero-order valence-corrected chi connectivity index (χ0v) is 12.3. The van der Waals surface area contributed by atoms with Crippen molar-refractivity contribution in [3.05, 3.63) is 34.5 Å². The van der Waals surface area contributed by atoms with Crippen molar-refractivity contribution in [2.45, 2.75) is 38.8 Å². The van der Waals surface area contributed by atoms with Crippen molar-refractivity contribution in [2.75, 3.05) is 6.61 Å². The number of rotatable bonds is 6. The van der Waals surface area contributed by atoms with Gasteiger partial charge in [-0.05, 0) is 24.5 Å². The van der Waals surface area contributed by atoms with Gasteiger partial charge in [0.2, 0.25) is 0 Å². The quantitative estimate of drug-likeness (QED) is 0.810. The summed E-state index contributed by atoms with van der Waals surface area (Å²) in [6.45, 7) is 1.68. The zero-order chi connectivity index (χ0) is 13.9. The highest BCUT2D eigenvalue weighted by molar-refractivity contribution is 7.19. The molecule has 0 atom stereocenters. The fourth-order valence-electron chi connectivity index (χ4n) is 2.74. The lowest BCUT2D eigenvalue weighted by atomic mass is 9.83. The first-order valence-electron chi connectivity index (χ1n) is 7.26. The Morgan fingerprint density at radius 3 is 2.90 bits per heavy atom. The Labute approximate surface area is 122 Å². The first-order chi connectivity index (χ1) is 9.79. The molecule has 1 aliphatic rings. The van der Waals surface area contributed by atoms with E-state index in [1.165, 1.54) is 25.3 Å². The summed E-state index contributed by atoms with van der Waals surface area (Å²) in [5, 5.41) is 0.696. The molecular formula is C16H20FNOS. The molecule has 1 aliphatic carbocycles. The Morgan fingerprint density at radius 1 is 1.35 bits per heavy atom. The van der Waals surface area contributed by atoms with E-state index in [0.29, 0.717) is 18.5 Å². The molecule has 0 amide bonds. The summed E-state index contributed by atoms with van der Waals surface area (Å²) in [6.07, 6.45) is 5.17. The largest absolute Gasteiger partial charge is 0.377 e. The molecule has 0 radical (unpaired) electrons. The van der Waals surface area contributed by atoms with E-state index in [1.54, 1.807) is 17.4 Å². The normalized spacial score (nSPS) is 15.7. The van der Waals surface area contributed by atoms with Crippen LogP contribution in [0, 0.1) is 11.7 Å². The highest BCUT2D eigenvalue weighted by Crippen LogP contribution is 2.34. The van der Waals surface area contributed by atoms with E-state index >= 15 is 0 Å². The average molecular weight is 293 g/mol. The van der Waals surface area contributed by atoms with Crippen LogP contribution in [-0.2, 0) is 17.9 Å². The van der Waals surface area contributed by atoms with E-state index in [9.17, 15) is 4.39 Å². The molecule has 108 valence electrons. The number of fused-ring (bicyclic) bond motifs is 1. The van der Waals surface area contributed by atoms with Gasteiger partial charge in [0.1, 0.15) is 5.82 Å². The number of hydrogen-bond acceptors (Lipinski definition) is 3. The van der Waals surface area contributed by atoms with Crippen LogP contribution < -0.4 is 5.73 Å². The summed E-state index contributed by atoms with van der Waals surface area (Å²) >= 11 is 1.57. The SMILES string of the molecule is NCc1sc2cccc(F)c2c1COCCC1CCC1. The molecule has 4 heteroatoms. The molecule has 2 nitrogen and oxygen atoms in total. The number of ether oxygens (including phenoxy) is 1. The monoisotopic (exact) mass is 293 g/mol. The van der Waals surface area contributed by atoms with Crippen LogP contribution in [0.15, 0.2) is 18.2 Å². The highest BCUT2D eigenvalue weighted by Gasteiger charge is 2.18. The van der Waals surface area contributed by atoms with Crippen LogP contribution in [0.2, 0.25) is 0 Å². The van der Waals surface area contributed by atoms with E-state index in [2.05, 4.69) is 0 Å². The minimum atomic E-state index is -0.170. The van der Waals surface area contributed by atoms with E-state index in [1.807, 2.05) is 6.07 Å². The van der Waals surface area contributed by atoms with Gasteiger partial charge in [0.15, 0.2) is 0 Å². The third-order valence-electron chi connectivity index (χ3n) is 4.17. The van der Waals surface area contributed by atoms with Crippen LogP contribution in [0.25, 0.3) is 10.1 Å². The summed E-state index contributed by atoms with van der Waals surface area (Å²) in [5.74, 6) is 0.677. The molecule has 0 spiro atoms. The van der Waals surface area contributed by atoms with Gasteiger partial charge in [-0.15, -0.1) is 11.3 Å². The van der Waals surface area contributed by atoms with Crippen LogP contribution >= 0.6 is 11.3 Å². The van der Waals surface area contributed by atoms with Crippen molar-refractivity contribution in [1.82, 2.24) is 0 Å². The highest BCUT2D eigenvalue weighted by atomic mass is 32.1. The minimum Gasteiger partial charge on any atom is -0.377 e. The van der Waals surface area contributed by atoms with Gasteiger partial charge in [0.25, 0.3) is 0 Å². The van der Waals surface area contributed by atoms with Gasteiger partial charge in [-0.25, -0.2) is 4.39 Å². The summed E-state index contributed by atoms with van der Waals surface area (Å²) in [4.78, 5) is 1.04. The standard InChI is InChI=1S/C16H20FNOS/c17-13-5-2-6-14-16(13)12(15(9-18)20-14)10-19-8-7-11-3-1-4-11/h2,5-6,11H,1,3-4,7-10,18H2. The van der Waals surface area contributed by atoms with Crippen molar-refractivity contribution in [3.63, 3.8) is 0 Å². The lowest BCUT2D eigenvalue weighted by Crippen LogP contribution is -2.13. The van der Waals surface area contributed by atoms with E-state index in [4.69, 9.17) is 10.5 Å². The molecule has 2 aromatic rings. The maximum absolute atomic E-state index is 14.0. The van der Waals surface area contributed by atoms with E-state index in [0.717, 1.165) is 34.1 Å². The fourth-order valence-corrected chi connectivity index (χ4v) is 3.84. The summed E-state index contributed by atoms with van der Waals surface area (Å²) in [6, 6.07) is 5.20. The smallest absolute Gasteiger partial charge is 0.132 e. The van der Waals surface area contributed by atoms with Crippen LogP contribution in [0.5, 0.6) is 0 Å². The Morgan fingerprint density at radius 2 is 2.20 bits per heavy atom. The number of benzene rings is 1. The predicted octanol–water partition coefficient (Wildman–Crippen LogP) is 4.21. The second-order valence-corrected chi connectivity index (χ2v) is 6.60. The van der Waals surface area contributed by atoms with Gasteiger partial charge in [-0.1, -0.05) is 25.3 Å². The summed E-state index contributed by atoms with van der Waals surface area (Å²) in [5.41, 5.74) is 6.72. The van der Waals surface area contributed by atoms with Crippen molar-refractivity contribution in [3.8, 4) is 0 Å². The number of thiophene rings is 1. The Hall–Kier alpha value is -0.970. The average Bonchev–Trinajstić information content (AvgIpc) is 2.76. The molecule has 20 heavy (non-hydrogen) atoms. The van der Waals surface area contributed by atoms with Crippen molar-refractivity contribution < 1.29 is 9.13 Å². The Balaban J connectivity index is 1.71. The number of nitrogens with two attached hydrogens (primary N) is 1. The van der Waals surface area contributed by atoms with Gasteiger partial charge in [-0.3, -0.25) is 0 Å². The molecule has 0 bridgehead atoms. The predicted molar refractivity (Wildman–Crippen MR) is 81.3 cm³/mol. The van der Waals surface area contributed by atoms with Crippen LogP contribution in [-0.4, -0.2) is 6.61 Å². The lowest BCUT2D eigenvalue weighted by molar-refractivity contribution is 0.0954. The molecule has 1 saturated carbocycles. The van der Waals surface area contributed by atoms with E-state index in [-0.39, 0.29) is 5.82 Å². The van der Waals surface area contributed by atoms with Crippen LogP contribution in [0.4, 0.5) is 4.39 Å². The molecular weight excluding hydrogens is 273 g/mol. The molecule has 1 aromatic heterocycles. The molecule has 2 N–H and O–H groups in total. The van der Waals surface area contributed by atoms with Gasteiger partial charge in [0.05, 0.1) is 6.61 Å². The topological polar surface area (TPSA) is 35.2 Å². The third kappa shape index (κ3) is 2.73. The zero-order valence-electron chi connectivity index (χ0n) is 11.5. The molecule has 0 aliphatic heterocycles. The number of halogens is 1. The number of hydrogen-bond donors (Lipinski definition) is 1. The van der Waals surface area contributed by atoms with E-state index < -0.39 is 0 Å². The minimum absolute atomic E-state index is 0.170. The molecule has 1 fully saturated rings. The fraction of sp³-hybridized carbons (Fsp3) is 0.500. The lowest BCUT2D eigenvalue weighted by Gasteiger charge is -2.24. The van der Waals surface area contributed by atoms with Gasteiger partial charge < -0.3 is 10.5 Å². The maximum Gasteiger partial charge on any atom is 0.132 e. The van der Waals surface area contributed by atoms with Gasteiger partial charge >= 0.3 is 0 Å². The second-order valence-electron chi connectivity index (χ2n) is 5.46. The Bertz CT molecular complexity index is 591. The molecule has 0 saturated heterocycles. The van der Waals surface area contributed by atoms with Crippen molar-refractivity contribution in [2.24, 2.45) is 11.7 Å². The second kappa shape index (κ2) is 6.20. The molecule has 1 heterocycles. The molecule has 3 rings (SSSR count). The van der Waals surface area contributed by atoms with Crippen LogP contribution in [0.1, 0.15) is 36.1 Å². The van der Waals surface area contributed by atoms with Crippen molar-refractivity contribution >= 4 is 21.4 Å². The third-order valence-corrected chi connectivity index (χ3v) is 5.39. The molecule has 0 unspecified atom stereocenters.